The average molecular weight is 354 g/mol. The summed E-state index contributed by atoms with van der Waals surface area (Å²) in [5.41, 5.74) is 0. The molecular formula is C19H35N3O3. The first kappa shape index (κ1) is 20.2. The Morgan fingerprint density at radius 2 is 1.80 bits per heavy atom. The number of hydrogen-bond donors (Lipinski definition) is 2. The number of likely N-dealkylation sites (tertiary alicyclic amines) is 2. The van der Waals surface area contributed by atoms with Gasteiger partial charge < -0.3 is 15.3 Å². The summed E-state index contributed by atoms with van der Waals surface area (Å²) < 4.78 is 0. The van der Waals surface area contributed by atoms with Gasteiger partial charge in [-0.2, -0.15) is 0 Å². The molecule has 0 bridgehead atoms. The lowest BCUT2D eigenvalue weighted by Gasteiger charge is -2.32. The van der Waals surface area contributed by atoms with Crippen molar-refractivity contribution in [2.75, 3.05) is 19.6 Å². The Labute approximate surface area is 151 Å². The second-order valence-corrected chi connectivity index (χ2v) is 7.83. The van der Waals surface area contributed by atoms with Gasteiger partial charge in [-0.15, -0.1) is 0 Å². The largest absolute Gasteiger partial charge is 0.378 e. The number of nitrogens with zero attached hydrogens (tertiary/aromatic N) is 2. The van der Waals surface area contributed by atoms with Crippen LogP contribution < -0.4 is 5.32 Å². The minimum Gasteiger partial charge on any atom is -0.378 e. The SMILES string of the molecule is CCCC(O)N1CCC[C@H]1C(=O)C1CCCN1C(=O)NCCC(C)C. The van der Waals surface area contributed by atoms with Gasteiger partial charge in [0.2, 0.25) is 0 Å². The van der Waals surface area contributed by atoms with E-state index in [1.807, 2.05) is 11.8 Å². The van der Waals surface area contributed by atoms with E-state index in [-0.39, 0.29) is 23.9 Å². The molecule has 2 aliphatic heterocycles. The van der Waals surface area contributed by atoms with E-state index in [2.05, 4.69) is 19.2 Å². The van der Waals surface area contributed by atoms with Crippen LogP contribution in [-0.4, -0.2) is 64.7 Å². The van der Waals surface area contributed by atoms with Gasteiger partial charge in [0.1, 0.15) is 6.23 Å². The summed E-state index contributed by atoms with van der Waals surface area (Å²) in [6, 6.07) is -0.691. The van der Waals surface area contributed by atoms with Crippen molar-refractivity contribution >= 4 is 11.8 Å². The molecule has 0 saturated carbocycles. The van der Waals surface area contributed by atoms with E-state index in [4.69, 9.17) is 0 Å². The van der Waals surface area contributed by atoms with Gasteiger partial charge in [0.15, 0.2) is 5.78 Å². The third kappa shape index (κ3) is 5.17. The number of urea groups is 1. The molecule has 0 aromatic rings. The molecule has 2 aliphatic rings. The van der Waals surface area contributed by atoms with Crippen molar-refractivity contribution in [2.24, 2.45) is 5.92 Å². The van der Waals surface area contributed by atoms with Crippen LogP contribution >= 0.6 is 0 Å². The van der Waals surface area contributed by atoms with Crippen LogP contribution in [0.15, 0.2) is 0 Å². The van der Waals surface area contributed by atoms with E-state index in [9.17, 15) is 14.7 Å². The van der Waals surface area contributed by atoms with E-state index in [1.165, 1.54) is 0 Å². The van der Waals surface area contributed by atoms with Gasteiger partial charge in [-0.1, -0.05) is 27.2 Å². The third-order valence-electron chi connectivity index (χ3n) is 5.39. The average Bonchev–Trinajstić information content (AvgIpc) is 3.23. The Hall–Kier alpha value is -1.14. The summed E-state index contributed by atoms with van der Waals surface area (Å²) in [6.45, 7) is 8.36. The second kappa shape index (κ2) is 9.53. The summed E-state index contributed by atoms with van der Waals surface area (Å²) in [4.78, 5) is 29.2. The predicted octanol–water partition coefficient (Wildman–Crippen LogP) is 2.36. The van der Waals surface area contributed by atoms with Crippen molar-refractivity contribution < 1.29 is 14.7 Å². The quantitative estimate of drug-likeness (QED) is 0.703. The van der Waals surface area contributed by atoms with Crippen molar-refractivity contribution in [3.63, 3.8) is 0 Å². The fourth-order valence-electron chi connectivity index (χ4n) is 3.97. The molecule has 6 heteroatoms. The van der Waals surface area contributed by atoms with E-state index in [0.29, 0.717) is 25.4 Å². The van der Waals surface area contributed by atoms with Crippen molar-refractivity contribution in [1.29, 1.82) is 0 Å². The van der Waals surface area contributed by atoms with Crippen LogP contribution in [0, 0.1) is 5.92 Å². The first-order valence-electron chi connectivity index (χ1n) is 9.97. The highest BCUT2D eigenvalue weighted by Crippen LogP contribution is 2.27. The topological polar surface area (TPSA) is 72.9 Å². The molecule has 2 saturated heterocycles. The monoisotopic (exact) mass is 353 g/mol. The Balaban J connectivity index is 1.96. The first-order chi connectivity index (χ1) is 12.0. The molecule has 2 unspecified atom stereocenters. The maximum atomic E-state index is 13.1. The van der Waals surface area contributed by atoms with Gasteiger partial charge in [0.05, 0.1) is 12.1 Å². The fraction of sp³-hybridized carbons (Fsp3) is 0.895. The zero-order chi connectivity index (χ0) is 18.4. The van der Waals surface area contributed by atoms with Gasteiger partial charge in [0, 0.05) is 19.6 Å². The van der Waals surface area contributed by atoms with Gasteiger partial charge in [-0.3, -0.25) is 9.69 Å². The van der Waals surface area contributed by atoms with Crippen LogP contribution in [0.4, 0.5) is 4.79 Å². The Bertz CT molecular complexity index is 455. The lowest BCUT2D eigenvalue weighted by atomic mass is 10.0. The molecule has 0 aliphatic carbocycles. The number of rotatable bonds is 8. The second-order valence-electron chi connectivity index (χ2n) is 7.83. The maximum absolute atomic E-state index is 13.1. The van der Waals surface area contributed by atoms with Crippen LogP contribution in [0.1, 0.15) is 65.7 Å². The molecule has 0 spiro atoms. The molecule has 2 fully saturated rings. The van der Waals surface area contributed by atoms with Crippen LogP contribution in [0.2, 0.25) is 0 Å². The van der Waals surface area contributed by atoms with Crippen molar-refractivity contribution in [3.05, 3.63) is 0 Å². The number of Topliss-reactive ketones (excluding diaryl/α,β-unsaturated/α-hetero) is 1. The molecular weight excluding hydrogens is 318 g/mol. The molecule has 2 heterocycles. The van der Waals surface area contributed by atoms with Gasteiger partial charge in [0.25, 0.3) is 0 Å². The third-order valence-corrected chi connectivity index (χ3v) is 5.39. The summed E-state index contributed by atoms with van der Waals surface area (Å²) in [6.07, 6.45) is 5.32. The zero-order valence-corrected chi connectivity index (χ0v) is 16.0. The van der Waals surface area contributed by atoms with Crippen LogP contribution in [0.3, 0.4) is 0 Å². The molecule has 2 rings (SSSR count). The number of ketones is 1. The summed E-state index contributed by atoms with van der Waals surface area (Å²) in [5.74, 6) is 0.660. The normalized spacial score (nSPS) is 25.6. The molecule has 0 radical (unpaired) electrons. The number of aliphatic hydroxyl groups is 1. The van der Waals surface area contributed by atoms with Gasteiger partial charge in [-0.05, 0) is 44.4 Å². The molecule has 0 aromatic carbocycles. The lowest BCUT2D eigenvalue weighted by molar-refractivity contribution is -0.131. The van der Waals surface area contributed by atoms with Crippen LogP contribution in [0.25, 0.3) is 0 Å². The Kier molecular flexibility index (Phi) is 7.69. The number of nitrogens with one attached hydrogen (secondary N) is 1. The standard InChI is InChI=1S/C19H35N3O3/c1-4-7-17(23)21-12-5-8-15(21)18(24)16-9-6-13-22(16)19(25)20-11-10-14(2)3/h14-17,23H,4-13H2,1-3H3,(H,20,25)/t15-,16?,17?/m0/s1. The molecule has 2 N–H and O–H groups in total. The van der Waals surface area contributed by atoms with E-state index >= 15 is 0 Å². The predicted molar refractivity (Wildman–Crippen MR) is 98.2 cm³/mol. The van der Waals surface area contributed by atoms with Gasteiger partial charge in [-0.25, -0.2) is 4.79 Å². The van der Waals surface area contributed by atoms with E-state index < -0.39 is 6.23 Å². The zero-order valence-electron chi connectivity index (χ0n) is 16.0. The highest BCUT2D eigenvalue weighted by Gasteiger charge is 2.42. The number of carbonyl (C=O) groups is 2. The maximum Gasteiger partial charge on any atom is 0.318 e. The highest BCUT2D eigenvalue weighted by atomic mass is 16.3. The number of aliphatic hydroxyl groups excluding tert-OH is 1. The molecule has 144 valence electrons. The lowest BCUT2D eigenvalue weighted by Crippen LogP contribution is -2.52. The van der Waals surface area contributed by atoms with E-state index in [1.54, 1.807) is 4.90 Å². The van der Waals surface area contributed by atoms with Crippen LogP contribution in [-0.2, 0) is 4.79 Å². The number of amides is 2. The summed E-state index contributed by atoms with van der Waals surface area (Å²) in [5, 5.41) is 13.3. The molecule has 25 heavy (non-hydrogen) atoms. The molecule has 0 aromatic heterocycles. The Morgan fingerprint density at radius 1 is 1.12 bits per heavy atom. The molecule has 6 nitrogen and oxygen atoms in total. The van der Waals surface area contributed by atoms with E-state index in [0.717, 1.165) is 45.1 Å². The first-order valence-corrected chi connectivity index (χ1v) is 9.97. The molecule has 2 amide bonds. The van der Waals surface area contributed by atoms with Crippen LogP contribution in [0.5, 0.6) is 0 Å². The number of carbonyl (C=O) groups excluding carboxylic acids is 2. The van der Waals surface area contributed by atoms with Crippen molar-refractivity contribution in [3.8, 4) is 0 Å². The molecule has 3 atom stereocenters. The minimum atomic E-state index is -0.545. The fourth-order valence-corrected chi connectivity index (χ4v) is 3.97. The Morgan fingerprint density at radius 3 is 2.48 bits per heavy atom. The van der Waals surface area contributed by atoms with Crippen molar-refractivity contribution in [1.82, 2.24) is 15.1 Å². The minimum absolute atomic E-state index is 0.115. The summed E-state index contributed by atoms with van der Waals surface area (Å²) >= 11 is 0. The van der Waals surface area contributed by atoms with Crippen molar-refractivity contribution in [2.45, 2.75) is 84.0 Å². The number of hydrogen-bond acceptors (Lipinski definition) is 4. The smallest absolute Gasteiger partial charge is 0.318 e. The van der Waals surface area contributed by atoms with Gasteiger partial charge >= 0.3 is 6.03 Å². The highest BCUT2D eigenvalue weighted by molar-refractivity contribution is 5.93. The summed E-state index contributed by atoms with van der Waals surface area (Å²) in [7, 11) is 0.